The Labute approximate surface area is 135 Å². The number of aliphatic imine (C=N–C) groups is 2. The van der Waals surface area contributed by atoms with Crippen LogP contribution in [0.5, 0.6) is 0 Å². The summed E-state index contributed by atoms with van der Waals surface area (Å²) in [6.45, 7) is 0. The minimum atomic E-state index is -0.945. The average molecular weight is 372 g/mol. The highest BCUT2D eigenvalue weighted by atomic mass is 79.9. The van der Waals surface area contributed by atoms with Crippen molar-refractivity contribution in [2.75, 3.05) is 4.90 Å². The second-order valence-electron chi connectivity index (χ2n) is 5.54. The van der Waals surface area contributed by atoms with Gasteiger partial charge >= 0.3 is 0 Å². The molecule has 0 aromatic heterocycles. The largest absolute Gasteiger partial charge is 0.369 e. The molecule has 3 rings (SSSR count). The highest BCUT2D eigenvalue weighted by Crippen LogP contribution is 2.42. The van der Waals surface area contributed by atoms with Crippen molar-refractivity contribution in [3.63, 3.8) is 0 Å². The van der Waals surface area contributed by atoms with E-state index in [1.54, 1.807) is 4.90 Å². The van der Waals surface area contributed by atoms with Crippen molar-refractivity contribution in [1.82, 2.24) is 0 Å². The van der Waals surface area contributed by atoms with E-state index in [0.717, 1.165) is 44.2 Å². The van der Waals surface area contributed by atoms with Gasteiger partial charge in [0.05, 0.1) is 5.69 Å². The van der Waals surface area contributed by atoms with Crippen molar-refractivity contribution >= 4 is 33.5 Å². The van der Waals surface area contributed by atoms with Gasteiger partial charge in [-0.15, -0.1) is 0 Å². The van der Waals surface area contributed by atoms with Crippen LogP contribution in [-0.2, 0) is 0 Å². The van der Waals surface area contributed by atoms with Crippen LogP contribution in [0.1, 0.15) is 32.1 Å². The van der Waals surface area contributed by atoms with Crippen LogP contribution in [0.2, 0.25) is 0 Å². The third-order valence-electron chi connectivity index (χ3n) is 4.08. The second-order valence-corrected chi connectivity index (χ2v) is 6.39. The number of halogens is 3. The van der Waals surface area contributed by atoms with Crippen molar-refractivity contribution in [2.24, 2.45) is 21.5 Å². The van der Waals surface area contributed by atoms with Crippen LogP contribution < -0.4 is 16.4 Å². The zero-order chi connectivity index (χ0) is 15.9. The summed E-state index contributed by atoms with van der Waals surface area (Å²) in [5.74, 6) is -1.61. The summed E-state index contributed by atoms with van der Waals surface area (Å²) in [4.78, 5) is 10.1. The first kappa shape index (κ1) is 15.2. The quantitative estimate of drug-likeness (QED) is 0.744. The normalized spacial score (nSPS) is 20.8. The molecule has 0 amide bonds. The Morgan fingerprint density at radius 2 is 1.73 bits per heavy atom. The molecular weight excluding hydrogens is 356 g/mol. The summed E-state index contributed by atoms with van der Waals surface area (Å²) in [5.41, 5.74) is 11.5. The maximum absolute atomic E-state index is 13.7. The fraction of sp³-hybridized carbons (Fsp3) is 0.429. The summed E-state index contributed by atoms with van der Waals surface area (Å²) >= 11 is 3.27. The number of rotatable bonds is 1. The molecule has 0 bridgehead atoms. The topological polar surface area (TPSA) is 80.0 Å². The Morgan fingerprint density at radius 3 is 2.41 bits per heavy atom. The van der Waals surface area contributed by atoms with E-state index in [2.05, 4.69) is 25.9 Å². The van der Waals surface area contributed by atoms with Crippen LogP contribution >= 0.6 is 15.9 Å². The summed E-state index contributed by atoms with van der Waals surface area (Å²) in [5, 5.41) is 0. The maximum Gasteiger partial charge on any atom is 0.220 e. The standard InChI is InChI=1S/C14H16BrF2N5/c15-8-6-9(16)10(17)7-11(8)22-13(19)20-12(18)21-14(22)4-2-1-3-5-14/h6-7H,1-5H2,(H4,18,19,20,21). The number of nitrogens with two attached hydrogens (primary N) is 2. The van der Waals surface area contributed by atoms with E-state index in [0.29, 0.717) is 10.2 Å². The molecule has 1 heterocycles. The Balaban J connectivity index is 2.14. The molecule has 8 heteroatoms. The van der Waals surface area contributed by atoms with E-state index in [1.165, 1.54) is 0 Å². The summed E-state index contributed by atoms with van der Waals surface area (Å²) in [6.07, 6.45) is 4.48. The van der Waals surface area contributed by atoms with E-state index in [1.807, 2.05) is 0 Å². The Hall–Kier alpha value is -1.70. The first-order valence-corrected chi connectivity index (χ1v) is 7.86. The molecule has 118 valence electrons. The Bertz CT molecular complexity index is 667. The van der Waals surface area contributed by atoms with E-state index < -0.39 is 17.3 Å². The van der Waals surface area contributed by atoms with Gasteiger partial charge in [0.1, 0.15) is 5.66 Å². The van der Waals surface area contributed by atoms with E-state index in [-0.39, 0.29) is 11.9 Å². The summed E-state index contributed by atoms with van der Waals surface area (Å²) in [6, 6.07) is 2.19. The molecule has 1 saturated carbocycles. The lowest BCUT2D eigenvalue weighted by atomic mass is 9.87. The van der Waals surface area contributed by atoms with Gasteiger partial charge in [0.15, 0.2) is 11.6 Å². The zero-order valence-electron chi connectivity index (χ0n) is 11.8. The molecule has 22 heavy (non-hydrogen) atoms. The summed E-state index contributed by atoms with van der Waals surface area (Å²) in [7, 11) is 0. The minimum absolute atomic E-state index is 0.120. The third kappa shape index (κ3) is 2.45. The molecule has 1 aliphatic heterocycles. The molecule has 1 aliphatic carbocycles. The van der Waals surface area contributed by atoms with Gasteiger partial charge in [-0.2, -0.15) is 4.99 Å². The highest BCUT2D eigenvalue weighted by Gasteiger charge is 2.43. The lowest BCUT2D eigenvalue weighted by Gasteiger charge is -2.45. The molecule has 4 N–H and O–H groups in total. The van der Waals surface area contributed by atoms with Crippen molar-refractivity contribution in [3.05, 3.63) is 28.2 Å². The molecule has 0 unspecified atom stereocenters. The van der Waals surface area contributed by atoms with Gasteiger partial charge in [0, 0.05) is 10.5 Å². The first-order chi connectivity index (χ1) is 10.4. The lowest BCUT2D eigenvalue weighted by Crippen LogP contribution is -2.58. The second kappa shape index (κ2) is 5.49. The van der Waals surface area contributed by atoms with Crippen molar-refractivity contribution < 1.29 is 8.78 Å². The number of guanidine groups is 2. The van der Waals surface area contributed by atoms with Crippen molar-refractivity contribution in [3.8, 4) is 0 Å². The van der Waals surface area contributed by atoms with E-state index in [4.69, 9.17) is 11.5 Å². The number of hydrogen-bond acceptors (Lipinski definition) is 5. The number of nitrogens with zero attached hydrogens (tertiary/aromatic N) is 3. The molecular formula is C14H16BrF2N5. The fourth-order valence-electron chi connectivity index (χ4n) is 3.15. The van der Waals surface area contributed by atoms with Crippen LogP contribution in [-0.4, -0.2) is 17.6 Å². The molecule has 1 aromatic rings. The van der Waals surface area contributed by atoms with Crippen molar-refractivity contribution in [1.29, 1.82) is 0 Å². The maximum atomic E-state index is 13.7. The molecule has 1 aromatic carbocycles. The molecule has 0 saturated heterocycles. The smallest absolute Gasteiger partial charge is 0.220 e. The predicted molar refractivity (Wildman–Crippen MR) is 85.6 cm³/mol. The molecule has 1 spiro atoms. The number of benzene rings is 1. The van der Waals surface area contributed by atoms with Crippen LogP contribution in [0.3, 0.4) is 0 Å². The molecule has 0 radical (unpaired) electrons. The third-order valence-corrected chi connectivity index (χ3v) is 4.72. The van der Waals surface area contributed by atoms with Crippen molar-refractivity contribution in [2.45, 2.75) is 37.8 Å². The average Bonchev–Trinajstić information content (AvgIpc) is 2.44. The zero-order valence-corrected chi connectivity index (χ0v) is 13.4. The lowest BCUT2D eigenvalue weighted by molar-refractivity contribution is 0.305. The predicted octanol–water partition coefficient (Wildman–Crippen LogP) is 2.84. The number of anilines is 1. The monoisotopic (exact) mass is 371 g/mol. The van der Waals surface area contributed by atoms with Crippen LogP contribution in [0.15, 0.2) is 26.6 Å². The summed E-state index contributed by atoms with van der Waals surface area (Å²) < 4.78 is 27.5. The highest BCUT2D eigenvalue weighted by molar-refractivity contribution is 9.10. The van der Waals surface area contributed by atoms with Gasteiger partial charge in [-0.3, -0.25) is 4.90 Å². The van der Waals surface area contributed by atoms with Gasteiger partial charge in [-0.25, -0.2) is 13.8 Å². The van der Waals surface area contributed by atoms with E-state index >= 15 is 0 Å². The Morgan fingerprint density at radius 1 is 1.09 bits per heavy atom. The molecule has 0 atom stereocenters. The van der Waals surface area contributed by atoms with Gasteiger partial charge in [-0.1, -0.05) is 6.42 Å². The Kier molecular flexibility index (Phi) is 3.80. The molecule has 5 nitrogen and oxygen atoms in total. The van der Waals surface area contributed by atoms with Gasteiger partial charge in [-0.05, 0) is 47.7 Å². The first-order valence-electron chi connectivity index (χ1n) is 7.07. The van der Waals surface area contributed by atoms with Crippen LogP contribution in [0, 0.1) is 11.6 Å². The van der Waals surface area contributed by atoms with Gasteiger partial charge in [0.25, 0.3) is 0 Å². The minimum Gasteiger partial charge on any atom is -0.369 e. The van der Waals surface area contributed by atoms with Crippen LogP contribution in [0.4, 0.5) is 14.5 Å². The van der Waals surface area contributed by atoms with Gasteiger partial charge in [0.2, 0.25) is 11.9 Å². The molecule has 1 fully saturated rings. The van der Waals surface area contributed by atoms with Gasteiger partial charge < -0.3 is 11.5 Å². The van der Waals surface area contributed by atoms with E-state index in [9.17, 15) is 8.78 Å². The van der Waals surface area contributed by atoms with Crippen LogP contribution in [0.25, 0.3) is 0 Å². The number of hydrogen-bond donors (Lipinski definition) is 2. The fourth-order valence-corrected chi connectivity index (χ4v) is 3.65. The SMILES string of the molecule is NC1=NC2(CCCCC2)N(c2cc(F)c(F)cc2Br)C(N)=N1. The molecule has 2 aliphatic rings.